The van der Waals surface area contributed by atoms with E-state index in [9.17, 15) is 4.79 Å². The van der Waals surface area contributed by atoms with Gasteiger partial charge in [0.05, 0.1) is 23.1 Å². The highest BCUT2D eigenvalue weighted by atomic mass is 35.5. The van der Waals surface area contributed by atoms with E-state index < -0.39 is 0 Å². The van der Waals surface area contributed by atoms with Gasteiger partial charge < -0.3 is 10.2 Å². The average Bonchev–Trinajstić information content (AvgIpc) is 3.22. The summed E-state index contributed by atoms with van der Waals surface area (Å²) in [7, 11) is 0. The minimum atomic E-state index is 0.0302. The minimum Gasteiger partial charge on any atom is -0.352 e. The van der Waals surface area contributed by atoms with Gasteiger partial charge in [-0.2, -0.15) is 0 Å². The molecule has 0 aliphatic carbocycles. The van der Waals surface area contributed by atoms with Gasteiger partial charge in [0.1, 0.15) is 0 Å². The zero-order valence-electron chi connectivity index (χ0n) is 15.3. The van der Waals surface area contributed by atoms with E-state index in [2.05, 4.69) is 20.3 Å². The van der Waals surface area contributed by atoms with Gasteiger partial charge >= 0.3 is 0 Å². The third kappa shape index (κ3) is 3.97. The lowest BCUT2D eigenvalue weighted by molar-refractivity contribution is 0.0744. The Balaban J connectivity index is 1.52. The van der Waals surface area contributed by atoms with Crippen LogP contribution in [-0.4, -0.2) is 44.9 Å². The highest BCUT2D eigenvalue weighted by Crippen LogP contribution is 2.26. The van der Waals surface area contributed by atoms with Crippen molar-refractivity contribution in [1.29, 1.82) is 0 Å². The molecule has 0 spiro atoms. The molecule has 1 aliphatic heterocycles. The number of carbonyl (C=O) groups is 1. The third-order valence-electron chi connectivity index (χ3n) is 4.85. The van der Waals surface area contributed by atoms with Crippen LogP contribution in [0.1, 0.15) is 23.2 Å². The van der Waals surface area contributed by atoms with Gasteiger partial charge in [-0.15, -0.1) is 0 Å². The molecule has 4 rings (SSSR count). The topological polar surface area (TPSA) is 71.0 Å². The van der Waals surface area contributed by atoms with Crippen molar-refractivity contribution in [2.24, 2.45) is 0 Å². The highest BCUT2D eigenvalue weighted by Gasteiger charge is 2.30. The Labute approximate surface area is 168 Å². The summed E-state index contributed by atoms with van der Waals surface area (Å²) in [5, 5.41) is 3.70. The first kappa shape index (κ1) is 18.4. The molecular formula is C21H20ClN5O. The van der Waals surface area contributed by atoms with E-state index in [0.717, 1.165) is 30.6 Å². The SMILES string of the molecule is O=C(c1ccccc1-c1ccccn1)N1CCCC1CNc1ncc(Cl)cn1. The summed E-state index contributed by atoms with van der Waals surface area (Å²) in [6, 6.07) is 13.5. The van der Waals surface area contributed by atoms with Crippen molar-refractivity contribution in [3.63, 3.8) is 0 Å². The van der Waals surface area contributed by atoms with Crippen LogP contribution < -0.4 is 5.32 Å². The number of rotatable bonds is 5. The molecule has 1 unspecified atom stereocenters. The number of halogens is 1. The Bertz CT molecular complexity index is 949. The van der Waals surface area contributed by atoms with Crippen molar-refractivity contribution < 1.29 is 4.79 Å². The van der Waals surface area contributed by atoms with Crippen LogP contribution in [0.4, 0.5) is 5.95 Å². The lowest BCUT2D eigenvalue weighted by Gasteiger charge is -2.26. The smallest absolute Gasteiger partial charge is 0.254 e. The van der Waals surface area contributed by atoms with E-state index >= 15 is 0 Å². The molecule has 3 heterocycles. The molecule has 2 aromatic heterocycles. The van der Waals surface area contributed by atoms with Crippen LogP contribution in [0.2, 0.25) is 5.02 Å². The number of carbonyl (C=O) groups excluding carboxylic acids is 1. The number of hydrogen-bond donors (Lipinski definition) is 1. The van der Waals surface area contributed by atoms with Crippen LogP contribution in [0.5, 0.6) is 0 Å². The van der Waals surface area contributed by atoms with Crippen molar-refractivity contribution >= 4 is 23.5 Å². The average molecular weight is 394 g/mol. The Kier molecular flexibility index (Phi) is 5.48. The molecule has 7 heteroatoms. The summed E-state index contributed by atoms with van der Waals surface area (Å²) in [6.45, 7) is 1.34. The molecule has 142 valence electrons. The van der Waals surface area contributed by atoms with Gasteiger partial charge in [-0.1, -0.05) is 35.9 Å². The lowest BCUT2D eigenvalue weighted by atomic mass is 10.0. The van der Waals surface area contributed by atoms with E-state index in [1.165, 1.54) is 0 Å². The Hall–Kier alpha value is -2.99. The predicted molar refractivity (Wildman–Crippen MR) is 109 cm³/mol. The first-order valence-corrected chi connectivity index (χ1v) is 9.63. The number of nitrogens with zero attached hydrogens (tertiary/aromatic N) is 4. The van der Waals surface area contributed by atoms with E-state index in [1.54, 1.807) is 18.6 Å². The molecule has 28 heavy (non-hydrogen) atoms. The largest absolute Gasteiger partial charge is 0.352 e. The molecule has 6 nitrogen and oxygen atoms in total. The lowest BCUT2D eigenvalue weighted by Crippen LogP contribution is -2.40. The van der Waals surface area contributed by atoms with Crippen LogP contribution in [-0.2, 0) is 0 Å². The molecule has 1 aromatic carbocycles. The number of amides is 1. The van der Waals surface area contributed by atoms with E-state index in [0.29, 0.717) is 23.1 Å². The van der Waals surface area contributed by atoms with Gasteiger partial charge in [-0.3, -0.25) is 9.78 Å². The van der Waals surface area contributed by atoms with Crippen molar-refractivity contribution in [2.75, 3.05) is 18.4 Å². The summed E-state index contributed by atoms with van der Waals surface area (Å²) in [5.41, 5.74) is 2.33. The van der Waals surface area contributed by atoms with Crippen LogP contribution in [0.15, 0.2) is 61.1 Å². The normalized spacial score (nSPS) is 16.2. The van der Waals surface area contributed by atoms with Crippen molar-refractivity contribution in [2.45, 2.75) is 18.9 Å². The minimum absolute atomic E-state index is 0.0302. The fourth-order valence-corrected chi connectivity index (χ4v) is 3.60. The Morgan fingerprint density at radius 3 is 2.68 bits per heavy atom. The first-order valence-electron chi connectivity index (χ1n) is 9.25. The van der Waals surface area contributed by atoms with E-state index in [-0.39, 0.29) is 11.9 Å². The monoisotopic (exact) mass is 393 g/mol. The molecule has 1 fully saturated rings. The molecule has 3 aromatic rings. The Morgan fingerprint density at radius 1 is 1.11 bits per heavy atom. The van der Waals surface area contributed by atoms with Crippen molar-refractivity contribution in [3.8, 4) is 11.3 Å². The first-order chi connectivity index (χ1) is 13.7. The highest BCUT2D eigenvalue weighted by molar-refractivity contribution is 6.30. The number of hydrogen-bond acceptors (Lipinski definition) is 5. The van der Waals surface area contributed by atoms with Crippen LogP contribution in [0.3, 0.4) is 0 Å². The van der Waals surface area contributed by atoms with Crippen molar-refractivity contribution in [3.05, 3.63) is 71.6 Å². The molecule has 1 atom stereocenters. The van der Waals surface area contributed by atoms with Gasteiger partial charge in [-0.05, 0) is 31.0 Å². The maximum absolute atomic E-state index is 13.3. The summed E-state index contributed by atoms with van der Waals surface area (Å²) in [5.74, 6) is 0.542. The predicted octanol–water partition coefficient (Wildman–Crippen LogP) is 3.91. The van der Waals surface area contributed by atoms with Crippen LogP contribution in [0, 0.1) is 0 Å². The molecule has 0 bridgehead atoms. The Morgan fingerprint density at radius 2 is 1.89 bits per heavy atom. The molecule has 1 aliphatic rings. The number of nitrogens with one attached hydrogen (secondary N) is 1. The van der Waals surface area contributed by atoms with Crippen LogP contribution in [0.25, 0.3) is 11.3 Å². The summed E-state index contributed by atoms with van der Waals surface area (Å²) in [6.07, 6.45) is 6.77. The van der Waals surface area contributed by atoms with Gasteiger partial charge in [0, 0.05) is 36.5 Å². The van der Waals surface area contributed by atoms with Gasteiger partial charge in [0.2, 0.25) is 5.95 Å². The van der Waals surface area contributed by atoms with Crippen LogP contribution >= 0.6 is 11.6 Å². The van der Waals surface area contributed by atoms with Gasteiger partial charge in [0.15, 0.2) is 0 Å². The van der Waals surface area contributed by atoms with Gasteiger partial charge in [-0.25, -0.2) is 9.97 Å². The number of benzene rings is 1. The fourth-order valence-electron chi connectivity index (χ4n) is 3.50. The van der Waals surface area contributed by atoms with Gasteiger partial charge in [0.25, 0.3) is 5.91 Å². The molecule has 1 N–H and O–H groups in total. The molecule has 0 saturated carbocycles. The standard InChI is InChI=1S/C21H20ClN5O/c22-15-12-24-21(25-13-15)26-14-16-6-5-11-27(16)20(28)18-8-2-1-7-17(18)19-9-3-4-10-23-19/h1-4,7-10,12-13,16H,5-6,11,14H2,(H,24,25,26). The summed E-state index contributed by atoms with van der Waals surface area (Å²) < 4.78 is 0. The zero-order valence-corrected chi connectivity index (χ0v) is 16.0. The summed E-state index contributed by atoms with van der Waals surface area (Å²) >= 11 is 5.83. The number of pyridine rings is 1. The van der Waals surface area contributed by atoms with E-state index in [4.69, 9.17) is 11.6 Å². The number of likely N-dealkylation sites (tertiary alicyclic amines) is 1. The quantitative estimate of drug-likeness (QED) is 0.711. The maximum atomic E-state index is 13.3. The molecule has 1 amide bonds. The fraction of sp³-hybridized carbons (Fsp3) is 0.238. The van der Waals surface area contributed by atoms with Crippen molar-refractivity contribution in [1.82, 2.24) is 19.9 Å². The zero-order chi connectivity index (χ0) is 19.3. The molecule has 0 radical (unpaired) electrons. The second-order valence-corrected chi connectivity index (χ2v) is 7.10. The number of aromatic nitrogens is 3. The molecule has 1 saturated heterocycles. The second-order valence-electron chi connectivity index (χ2n) is 6.66. The number of anilines is 1. The maximum Gasteiger partial charge on any atom is 0.254 e. The molecular weight excluding hydrogens is 374 g/mol. The van der Waals surface area contributed by atoms with E-state index in [1.807, 2.05) is 47.4 Å². The second kappa shape index (κ2) is 8.35. The summed E-state index contributed by atoms with van der Waals surface area (Å²) in [4.78, 5) is 28.0. The third-order valence-corrected chi connectivity index (χ3v) is 5.05.